The second-order valence-electron chi connectivity index (χ2n) is 2.72. The molecule has 0 aromatic carbocycles. The Balaban J connectivity index is 2.14. The Morgan fingerprint density at radius 2 is 2.20 bits per heavy atom. The minimum atomic E-state index is -0.132. The summed E-state index contributed by atoms with van der Waals surface area (Å²) in [6, 6.07) is 0. The third kappa shape index (κ3) is 1.15. The maximum atomic E-state index is 5.50. The van der Waals surface area contributed by atoms with Gasteiger partial charge in [-0.3, -0.25) is 0 Å². The average molecular weight is 272 g/mol. The van der Waals surface area contributed by atoms with Crippen LogP contribution in [0.4, 0.5) is 0 Å². The van der Waals surface area contributed by atoms with Gasteiger partial charge in [-0.05, 0) is 12.8 Å². The molecule has 10 heavy (non-hydrogen) atoms. The van der Waals surface area contributed by atoms with Gasteiger partial charge < -0.3 is 9.47 Å². The van der Waals surface area contributed by atoms with Crippen molar-refractivity contribution >= 4 is 31.9 Å². The molecule has 58 valence electrons. The fraction of sp³-hybridized carbons (Fsp3) is 1.00. The second kappa shape index (κ2) is 2.44. The molecule has 0 amide bonds. The number of halogens is 2. The molecular formula is C6H8Br2O2. The van der Waals surface area contributed by atoms with E-state index in [0.29, 0.717) is 6.10 Å². The molecule has 0 unspecified atom stereocenters. The summed E-state index contributed by atoms with van der Waals surface area (Å²) in [7, 11) is 0. The third-order valence-corrected chi connectivity index (χ3v) is 3.43. The maximum absolute atomic E-state index is 5.50. The van der Waals surface area contributed by atoms with Crippen LogP contribution in [0.15, 0.2) is 0 Å². The fourth-order valence-corrected chi connectivity index (χ4v) is 2.23. The number of hydrogen-bond donors (Lipinski definition) is 0. The first-order chi connectivity index (χ1) is 4.68. The number of rotatable bonds is 0. The zero-order valence-corrected chi connectivity index (χ0v) is 8.52. The van der Waals surface area contributed by atoms with Crippen molar-refractivity contribution in [2.75, 3.05) is 6.61 Å². The standard InChI is InChI=1S/C6H8Br2O2/c7-6(8)2-1-4-3-9-5(6)10-4/h4-5H,1-3H2/t4-,5+/m1/s1. The second-order valence-corrected chi connectivity index (χ2v) is 6.62. The van der Waals surface area contributed by atoms with Crippen LogP contribution in [0.2, 0.25) is 0 Å². The SMILES string of the molecule is BrC1(Br)CC[C@@H]2CO[C@H]1O2. The minimum absolute atomic E-state index is 0.0914. The summed E-state index contributed by atoms with van der Waals surface area (Å²) in [5, 5.41) is 0. The highest BCUT2D eigenvalue weighted by Gasteiger charge is 2.46. The van der Waals surface area contributed by atoms with Crippen LogP contribution in [0, 0.1) is 0 Å². The molecule has 2 atom stereocenters. The molecule has 2 nitrogen and oxygen atoms in total. The summed E-state index contributed by atoms with van der Waals surface area (Å²) >= 11 is 7.02. The number of hydrogen-bond acceptors (Lipinski definition) is 2. The van der Waals surface area contributed by atoms with Crippen molar-refractivity contribution in [2.24, 2.45) is 0 Å². The zero-order chi connectivity index (χ0) is 7.19. The summed E-state index contributed by atoms with van der Waals surface area (Å²) in [4.78, 5) is 0. The quantitative estimate of drug-likeness (QED) is 0.628. The lowest BCUT2D eigenvalue weighted by Gasteiger charge is -2.30. The molecule has 2 bridgehead atoms. The zero-order valence-electron chi connectivity index (χ0n) is 5.35. The molecule has 0 radical (unpaired) electrons. The van der Waals surface area contributed by atoms with Gasteiger partial charge in [-0.2, -0.15) is 0 Å². The van der Waals surface area contributed by atoms with Crippen LogP contribution in [-0.2, 0) is 9.47 Å². The first kappa shape index (κ1) is 7.53. The van der Waals surface area contributed by atoms with Crippen molar-refractivity contribution in [2.45, 2.75) is 28.5 Å². The van der Waals surface area contributed by atoms with Crippen molar-refractivity contribution in [1.29, 1.82) is 0 Å². The van der Waals surface area contributed by atoms with Gasteiger partial charge in [0, 0.05) is 0 Å². The molecular weight excluding hydrogens is 264 g/mol. The van der Waals surface area contributed by atoms with E-state index in [1.165, 1.54) is 0 Å². The van der Waals surface area contributed by atoms with Gasteiger partial charge in [0.1, 0.15) is 3.23 Å². The lowest BCUT2D eigenvalue weighted by molar-refractivity contribution is -0.0812. The minimum Gasteiger partial charge on any atom is -0.348 e. The molecule has 0 saturated carbocycles. The Morgan fingerprint density at radius 1 is 1.40 bits per heavy atom. The molecule has 2 aliphatic heterocycles. The maximum Gasteiger partial charge on any atom is 0.183 e. The van der Waals surface area contributed by atoms with Crippen LogP contribution in [0.25, 0.3) is 0 Å². The Hall–Kier alpha value is 0.880. The van der Waals surface area contributed by atoms with E-state index in [0.717, 1.165) is 19.4 Å². The van der Waals surface area contributed by atoms with Crippen LogP contribution in [-0.4, -0.2) is 22.2 Å². The first-order valence-corrected chi connectivity index (χ1v) is 4.92. The molecule has 2 saturated heterocycles. The van der Waals surface area contributed by atoms with Gasteiger partial charge in [-0.15, -0.1) is 0 Å². The van der Waals surface area contributed by atoms with Gasteiger partial charge in [0.15, 0.2) is 6.29 Å². The summed E-state index contributed by atoms with van der Waals surface area (Å²) in [5.74, 6) is 0. The van der Waals surface area contributed by atoms with Gasteiger partial charge >= 0.3 is 0 Å². The van der Waals surface area contributed by atoms with E-state index < -0.39 is 0 Å². The summed E-state index contributed by atoms with van der Waals surface area (Å²) in [5.41, 5.74) is 0. The number of alkyl halides is 2. The number of ether oxygens (including phenoxy) is 2. The van der Waals surface area contributed by atoms with Gasteiger partial charge in [-0.1, -0.05) is 31.9 Å². The molecule has 0 aromatic rings. The van der Waals surface area contributed by atoms with Crippen molar-refractivity contribution < 1.29 is 9.47 Å². The highest BCUT2D eigenvalue weighted by molar-refractivity contribution is 9.25. The van der Waals surface area contributed by atoms with Gasteiger partial charge in [0.05, 0.1) is 12.7 Å². The molecule has 0 aliphatic carbocycles. The topological polar surface area (TPSA) is 18.5 Å². The molecule has 0 spiro atoms. The lowest BCUT2D eigenvalue weighted by atomic mass is 10.1. The van der Waals surface area contributed by atoms with E-state index in [2.05, 4.69) is 31.9 Å². The van der Waals surface area contributed by atoms with Crippen molar-refractivity contribution in [3.05, 3.63) is 0 Å². The molecule has 2 fully saturated rings. The van der Waals surface area contributed by atoms with Crippen LogP contribution in [0.3, 0.4) is 0 Å². The molecule has 0 N–H and O–H groups in total. The Bertz CT molecular complexity index is 149. The van der Waals surface area contributed by atoms with Crippen LogP contribution in [0.5, 0.6) is 0 Å². The highest BCUT2D eigenvalue weighted by atomic mass is 79.9. The molecule has 2 heterocycles. The molecule has 0 aromatic heterocycles. The fourth-order valence-electron chi connectivity index (χ4n) is 1.29. The van der Waals surface area contributed by atoms with E-state index >= 15 is 0 Å². The monoisotopic (exact) mass is 270 g/mol. The summed E-state index contributed by atoms with van der Waals surface area (Å²) in [6.07, 6.45) is 2.40. The number of fused-ring (bicyclic) bond motifs is 2. The molecule has 4 heteroatoms. The van der Waals surface area contributed by atoms with E-state index in [1.54, 1.807) is 0 Å². The van der Waals surface area contributed by atoms with Crippen LogP contribution >= 0.6 is 31.9 Å². The Morgan fingerprint density at radius 3 is 2.90 bits per heavy atom. The van der Waals surface area contributed by atoms with Gasteiger partial charge in [0.2, 0.25) is 0 Å². The van der Waals surface area contributed by atoms with Crippen molar-refractivity contribution in [3.8, 4) is 0 Å². The predicted octanol–water partition coefficient (Wildman–Crippen LogP) is 2.01. The van der Waals surface area contributed by atoms with Crippen molar-refractivity contribution in [3.63, 3.8) is 0 Å². The average Bonchev–Trinajstić information content (AvgIpc) is 2.26. The Labute approximate surface area is 76.5 Å². The third-order valence-electron chi connectivity index (χ3n) is 1.89. The molecule has 2 aliphatic rings. The summed E-state index contributed by atoms with van der Waals surface area (Å²) < 4.78 is 10.7. The first-order valence-electron chi connectivity index (χ1n) is 3.33. The van der Waals surface area contributed by atoms with Crippen molar-refractivity contribution in [1.82, 2.24) is 0 Å². The molecule has 2 rings (SSSR count). The smallest absolute Gasteiger partial charge is 0.183 e. The lowest BCUT2D eigenvalue weighted by Crippen LogP contribution is -2.35. The largest absolute Gasteiger partial charge is 0.348 e. The Kier molecular flexibility index (Phi) is 1.83. The van der Waals surface area contributed by atoms with Crippen LogP contribution in [0.1, 0.15) is 12.8 Å². The van der Waals surface area contributed by atoms with Gasteiger partial charge in [-0.25, -0.2) is 0 Å². The normalized spacial score (nSPS) is 43.8. The van der Waals surface area contributed by atoms with E-state index in [-0.39, 0.29) is 9.52 Å². The van der Waals surface area contributed by atoms with E-state index in [4.69, 9.17) is 9.47 Å². The van der Waals surface area contributed by atoms with Gasteiger partial charge in [0.25, 0.3) is 0 Å². The highest BCUT2D eigenvalue weighted by Crippen LogP contribution is 2.45. The predicted molar refractivity (Wildman–Crippen MR) is 44.4 cm³/mol. The summed E-state index contributed by atoms with van der Waals surface area (Å²) in [6.45, 7) is 0.754. The van der Waals surface area contributed by atoms with E-state index in [1.807, 2.05) is 0 Å². The van der Waals surface area contributed by atoms with Crippen LogP contribution < -0.4 is 0 Å². The van der Waals surface area contributed by atoms with E-state index in [9.17, 15) is 0 Å².